The molecule has 1 aliphatic heterocycles. The van der Waals surface area contributed by atoms with Gasteiger partial charge in [-0.3, -0.25) is 15.0 Å². The molecule has 17 heavy (non-hydrogen) atoms. The van der Waals surface area contributed by atoms with E-state index in [-0.39, 0.29) is 25.1 Å². The van der Waals surface area contributed by atoms with Crippen LogP contribution in [-0.4, -0.2) is 67.4 Å². The van der Waals surface area contributed by atoms with Crippen molar-refractivity contribution < 1.29 is 19.4 Å². The molecule has 1 unspecified atom stereocenters. The second kappa shape index (κ2) is 7.21. The number of aliphatic hydroxyl groups is 1. The van der Waals surface area contributed by atoms with Gasteiger partial charge in [-0.05, 0) is 6.92 Å². The van der Waals surface area contributed by atoms with Crippen molar-refractivity contribution in [1.82, 2.24) is 15.5 Å². The van der Waals surface area contributed by atoms with Crippen LogP contribution in [0, 0.1) is 0 Å². The fraction of sp³-hybridized carbons (Fsp3) is 0.800. The molecule has 0 aromatic carbocycles. The SMILES string of the molecule is CCNC(=O)NC(=O)CN1CCOCC1CO. The van der Waals surface area contributed by atoms with E-state index < -0.39 is 6.03 Å². The largest absolute Gasteiger partial charge is 0.395 e. The zero-order valence-corrected chi connectivity index (χ0v) is 9.94. The smallest absolute Gasteiger partial charge is 0.321 e. The maximum atomic E-state index is 11.5. The minimum Gasteiger partial charge on any atom is -0.395 e. The third-order valence-corrected chi connectivity index (χ3v) is 2.50. The number of carbonyl (C=O) groups excluding carboxylic acids is 2. The molecule has 98 valence electrons. The predicted octanol–water partition coefficient (Wildman–Crippen LogP) is -1.47. The van der Waals surface area contributed by atoms with Crippen LogP contribution < -0.4 is 10.6 Å². The van der Waals surface area contributed by atoms with Gasteiger partial charge >= 0.3 is 6.03 Å². The highest BCUT2D eigenvalue weighted by molar-refractivity contribution is 5.95. The summed E-state index contributed by atoms with van der Waals surface area (Å²) in [7, 11) is 0. The van der Waals surface area contributed by atoms with Crippen LogP contribution in [0.1, 0.15) is 6.92 Å². The molecule has 1 fully saturated rings. The van der Waals surface area contributed by atoms with E-state index in [9.17, 15) is 9.59 Å². The molecular formula is C10H19N3O4. The summed E-state index contributed by atoms with van der Waals surface area (Å²) in [5.74, 6) is -0.378. The Balaban J connectivity index is 2.35. The zero-order chi connectivity index (χ0) is 12.7. The minimum atomic E-state index is -0.494. The summed E-state index contributed by atoms with van der Waals surface area (Å²) < 4.78 is 5.19. The lowest BCUT2D eigenvalue weighted by Gasteiger charge is -2.33. The van der Waals surface area contributed by atoms with Gasteiger partial charge in [-0.2, -0.15) is 0 Å². The fourth-order valence-corrected chi connectivity index (χ4v) is 1.62. The van der Waals surface area contributed by atoms with Crippen molar-refractivity contribution in [1.29, 1.82) is 0 Å². The molecule has 0 spiro atoms. The van der Waals surface area contributed by atoms with Gasteiger partial charge in [-0.1, -0.05) is 0 Å². The van der Waals surface area contributed by atoms with E-state index >= 15 is 0 Å². The number of morpholine rings is 1. The van der Waals surface area contributed by atoms with Gasteiger partial charge in [-0.15, -0.1) is 0 Å². The minimum absolute atomic E-state index is 0.0611. The second-order valence-corrected chi connectivity index (χ2v) is 3.79. The van der Waals surface area contributed by atoms with Gasteiger partial charge < -0.3 is 15.2 Å². The maximum Gasteiger partial charge on any atom is 0.321 e. The van der Waals surface area contributed by atoms with Crippen molar-refractivity contribution in [3.63, 3.8) is 0 Å². The molecule has 1 saturated heterocycles. The summed E-state index contributed by atoms with van der Waals surface area (Å²) >= 11 is 0. The summed E-state index contributed by atoms with van der Waals surface area (Å²) in [5, 5.41) is 13.8. The lowest BCUT2D eigenvalue weighted by atomic mass is 10.2. The number of hydrogen-bond donors (Lipinski definition) is 3. The van der Waals surface area contributed by atoms with Crippen molar-refractivity contribution in [2.75, 3.05) is 39.5 Å². The molecule has 1 heterocycles. The Hall–Kier alpha value is -1.18. The number of ether oxygens (including phenoxy) is 1. The summed E-state index contributed by atoms with van der Waals surface area (Å²) in [6, 6.07) is -0.671. The Morgan fingerprint density at radius 3 is 2.94 bits per heavy atom. The van der Waals surface area contributed by atoms with Crippen LogP contribution in [0.5, 0.6) is 0 Å². The third-order valence-electron chi connectivity index (χ3n) is 2.50. The van der Waals surface area contributed by atoms with Gasteiger partial charge in [0.25, 0.3) is 0 Å². The molecule has 0 aromatic rings. The molecular weight excluding hydrogens is 226 g/mol. The number of imide groups is 1. The summed E-state index contributed by atoms with van der Waals surface area (Å²) in [4.78, 5) is 24.4. The Morgan fingerprint density at radius 2 is 2.29 bits per heavy atom. The highest BCUT2D eigenvalue weighted by Crippen LogP contribution is 2.05. The number of carbonyl (C=O) groups is 2. The number of rotatable bonds is 4. The van der Waals surface area contributed by atoms with Gasteiger partial charge in [0.2, 0.25) is 5.91 Å². The number of amides is 3. The van der Waals surface area contributed by atoms with Crippen LogP contribution in [-0.2, 0) is 9.53 Å². The Kier molecular flexibility index (Phi) is 5.88. The molecule has 3 N–H and O–H groups in total. The van der Waals surface area contributed by atoms with Crippen LogP contribution in [0.25, 0.3) is 0 Å². The first-order chi connectivity index (χ1) is 8.17. The van der Waals surface area contributed by atoms with Gasteiger partial charge in [0.05, 0.1) is 32.4 Å². The molecule has 1 rings (SSSR count). The first-order valence-electron chi connectivity index (χ1n) is 5.67. The van der Waals surface area contributed by atoms with E-state index in [4.69, 9.17) is 9.84 Å². The van der Waals surface area contributed by atoms with E-state index in [1.165, 1.54) is 0 Å². The standard InChI is InChI=1S/C10H19N3O4/c1-2-11-10(16)12-9(15)5-13-3-4-17-7-8(13)6-14/h8,14H,2-7H2,1H3,(H2,11,12,15,16). The van der Waals surface area contributed by atoms with Crippen molar-refractivity contribution in [2.45, 2.75) is 13.0 Å². The number of urea groups is 1. The van der Waals surface area contributed by atoms with Crippen LogP contribution in [0.4, 0.5) is 4.79 Å². The third kappa shape index (κ3) is 4.68. The van der Waals surface area contributed by atoms with Crippen molar-refractivity contribution >= 4 is 11.9 Å². The van der Waals surface area contributed by atoms with E-state index in [0.717, 1.165) is 0 Å². The lowest BCUT2D eigenvalue weighted by Crippen LogP contribution is -2.52. The first kappa shape index (κ1) is 13.9. The van der Waals surface area contributed by atoms with Crippen molar-refractivity contribution in [3.05, 3.63) is 0 Å². The average Bonchev–Trinajstić information content (AvgIpc) is 2.29. The van der Waals surface area contributed by atoms with E-state index in [0.29, 0.717) is 26.3 Å². The monoisotopic (exact) mass is 245 g/mol. The van der Waals surface area contributed by atoms with Crippen molar-refractivity contribution in [2.24, 2.45) is 0 Å². The molecule has 0 bridgehead atoms. The topological polar surface area (TPSA) is 90.9 Å². The van der Waals surface area contributed by atoms with Crippen LogP contribution in [0.2, 0.25) is 0 Å². The number of hydrogen-bond acceptors (Lipinski definition) is 5. The number of nitrogens with one attached hydrogen (secondary N) is 2. The predicted molar refractivity (Wildman–Crippen MR) is 60.5 cm³/mol. The Morgan fingerprint density at radius 1 is 1.53 bits per heavy atom. The van der Waals surface area contributed by atoms with Crippen LogP contribution in [0.15, 0.2) is 0 Å². The maximum absolute atomic E-state index is 11.5. The highest BCUT2D eigenvalue weighted by Gasteiger charge is 2.24. The molecule has 0 radical (unpaired) electrons. The van der Waals surface area contributed by atoms with E-state index in [1.807, 2.05) is 0 Å². The van der Waals surface area contributed by atoms with E-state index in [2.05, 4.69) is 10.6 Å². The molecule has 7 heteroatoms. The molecule has 0 aromatic heterocycles. The quantitative estimate of drug-likeness (QED) is 0.562. The van der Waals surface area contributed by atoms with Gasteiger partial charge in [-0.25, -0.2) is 4.79 Å². The molecule has 0 saturated carbocycles. The Bertz CT molecular complexity index is 272. The second-order valence-electron chi connectivity index (χ2n) is 3.79. The number of aliphatic hydroxyl groups excluding tert-OH is 1. The van der Waals surface area contributed by atoms with Crippen molar-refractivity contribution in [3.8, 4) is 0 Å². The normalized spacial score (nSPS) is 20.9. The summed E-state index contributed by atoms with van der Waals surface area (Å²) in [6.45, 7) is 3.79. The van der Waals surface area contributed by atoms with Gasteiger partial charge in [0.15, 0.2) is 0 Å². The Labute approximate surface area is 100 Å². The van der Waals surface area contributed by atoms with Crippen LogP contribution in [0.3, 0.4) is 0 Å². The molecule has 3 amide bonds. The lowest BCUT2D eigenvalue weighted by molar-refractivity contribution is -0.124. The highest BCUT2D eigenvalue weighted by atomic mass is 16.5. The summed E-state index contributed by atoms with van der Waals surface area (Å²) in [5.41, 5.74) is 0. The van der Waals surface area contributed by atoms with Gasteiger partial charge in [0.1, 0.15) is 0 Å². The zero-order valence-electron chi connectivity index (χ0n) is 9.94. The van der Waals surface area contributed by atoms with Crippen LogP contribution >= 0.6 is 0 Å². The molecule has 1 aliphatic rings. The fourth-order valence-electron chi connectivity index (χ4n) is 1.62. The first-order valence-corrected chi connectivity index (χ1v) is 5.67. The van der Waals surface area contributed by atoms with Gasteiger partial charge in [0, 0.05) is 13.1 Å². The number of nitrogens with zero attached hydrogens (tertiary/aromatic N) is 1. The average molecular weight is 245 g/mol. The molecule has 0 aliphatic carbocycles. The molecule has 1 atom stereocenters. The summed E-state index contributed by atoms with van der Waals surface area (Å²) in [6.07, 6.45) is 0. The van der Waals surface area contributed by atoms with E-state index in [1.54, 1.807) is 11.8 Å². The molecule has 7 nitrogen and oxygen atoms in total.